The van der Waals surface area contributed by atoms with E-state index in [9.17, 15) is 0 Å². The summed E-state index contributed by atoms with van der Waals surface area (Å²) in [5.41, 5.74) is 9.56. The molecular weight excluding hydrogens is 212 g/mol. The van der Waals surface area contributed by atoms with E-state index in [0.717, 1.165) is 28.3 Å². The minimum atomic E-state index is 0.479. The highest BCUT2D eigenvalue weighted by atomic mass is 16.5. The Morgan fingerprint density at radius 2 is 1.88 bits per heavy atom. The molecule has 1 aromatic carbocycles. The van der Waals surface area contributed by atoms with Crippen LogP contribution in [0.3, 0.4) is 0 Å². The van der Waals surface area contributed by atoms with Gasteiger partial charge in [-0.25, -0.2) is 0 Å². The van der Waals surface area contributed by atoms with Gasteiger partial charge in [0.2, 0.25) is 0 Å². The molecule has 2 aromatic rings. The molecule has 3 nitrogen and oxygen atoms in total. The highest BCUT2D eigenvalue weighted by molar-refractivity contribution is 5.52. The Labute approximate surface area is 101 Å². The van der Waals surface area contributed by atoms with Gasteiger partial charge in [-0.1, -0.05) is 6.07 Å². The van der Waals surface area contributed by atoms with Crippen LogP contribution in [0.2, 0.25) is 0 Å². The number of anilines is 1. The molecule has 0 amide bonds. The quantitative estimate of drug-likeness (QED) is 0.822. The minimum Gasteiger partial charge on any atom is -0.487 e. The van der Waals surface area contributed by atoms with Crippen LogP contribution in [0.15, 0.2) is 36.5 Å². The van der Waals surface area contributed by atoms with E-state index in [-0.39, 0.29) is 0 Å². The van der Waals surface area contributed by atoms with Crippen LogP contribution in [0, 0.1) is 13.8 Å². The second-order valence-corrected chi connectivity index (χ2v) is 4.09. The summed E-state index contributed by atoms with van der Waals surface area (Å²) in [4.78, 5) is 4.22. The summed E-state index contributed by atoms with van der Waals surface area (Å²) in [5, 5.41) is 0. The first kappa shape index (κ1) is 11.5. The van der Waals surface area contributed by atoms with E-state index in [0.29, 0.717) is 6.61 Å². The number of nitrogens with zero attached hydrogens (tertiary/aromatic N) is 1. The maximum Gasteiger partial charge on any atom is 0.130 e. The fourth-order valence-electron chi connectivity index (χ4n) is 1.84. The van der Waals surface area contributed by atoms with Gasteiger partial charge in [0, 0.05) is 11.9 Å². The summed E-state index contributed by atoms with van der Waals surface area (Å²) in [6.45, 7) is 4.47. The lowest BCUT2D eigenvalue weighted by Crippen LogP contribution is -2.01. The Balaban J connectivity index is 2.15. The monoisotopic (exact) mass is 228 g/mol. The van der Waals surface area contributed by atoms with Crippen LogP contribution in [0.4, 0.5) is 5.69 Å². The summed E-state index contributed by atoms with van der Waals surface area (Å²) >= 11 is 0. The van der Waals surface area contributed by atoms with Gasteiger partial charge in [0.05, 0.1) is 5.69 Å². The average molecular weight is 228 g/mol. The van der Waals surface area contributed by atoms with Crippen molar-refractivity contribution in [3.8, 4) is 5.75 Å². The van der Waals surface area contributed by atoms with E-state index in [1.807, 2.05) is 44.2 Å². The van der Waals surface area contributed by atoms with Gasteiger partial charge < -0.3 is 10.5 Å². The molecule has 0 atom stereocenters. The Morgan fingerprint density at radius 3 is 2.47 bits per heavy atom. The molecular formula is C14H16N2O. The van der Waals surface area contributed by atoms with E-state index >= 15 is 0 Å². The largest absolute Gasteiger partial charge is 0.487 e. The Morgan fingerprint density at radius 1 is 1.18 bits per heavy atom. The molecule has 0 saturated carbocycles. The third-order valence-corrected chi connectivity index (χ3v) is 2.57. The summed E-state index contributed by atoms with van der Waals surface area (Å²) < 4.78 is 5.79. The summed E-state index contributed by atoms with van der Waals surface area (Å²) in [7, 11) is 0. The number of rotatable bonds is 3. The average Bonchev–Trinajstić information content (AvgIpc) is 2.29. The number of benzene rings is 1. The first-order valence-electron chi connectivity index (χ1n) is 5.56. The topological polar surface area (TPSA) is 48.1 Å². The molecule has 1 aromatic heterocycles. The van der Waals surface area contributed by atoms with Crippen LogP contribution in [-0.2, 0) is 6.61 Å². The fraction of sp³-hybridized carbons (Fsp3) is 0.214. The molecule has 0 unspecified atom stereocenters. The van der Waals surface area contributed by atoms with E-state index in [1.54, 1.807) is 6.20 Å². The zero-order chi connectivity index (χ0) is 12.3. The Hall–Kier alpha value is -2.03. The summed E-state index contributed by atoms with van der Waals surface area (Å²) in [6, 6.07) is 9.63. The molecule has 2 N–H and O–H groups in total. The number of pyridine rings is 1. The van der Waals surface area contributed by atoms with Gasteiger partial charge in [0.1, 0.15) is 12.4 Å². The second-order valence-electron chi connectivity index (χ2n) is 4.09. The SMILES string of the molecule is Cc1cc(N)cc(C)c1OCc1ccccn1. The molecule has 0 aliphatic heterocycles. The van der Waals surface area contributed by atoms with Gasteiger partial charge in [-0.15, -0.1) is 0 Å². The van der Waals surface area contributed by atoms with Crippen molar-refractivity contribution in [2.45, 2.75) is 20.5 Å². The van der Waals surface area contributed by atoms with Gasteiger partial charge >= 0.3 is 0 Å². The van der Waals surface area contributed by atoms with E-state index in [1.165, 1.54) is 0 Å². The highest BCUT2D eigenvalue weighted by Crippen LogP contribution is 2.26. The molecule has 0 aliphatic carbocycles. The van der Waals surface area contributed by atoms with Crippen molar-refractivity contribution >= 4 is 5.69 Å². The Bertz CT molecular complexity index is 486. The molecule has 0 bridgehead atoms. The smallest absolute Gasteiger partial charge is 0.130 e. The highest BCUT2D eigenvalue weighted by Gasteiger charge is 2.05. The number of aromatic nitrogens is 1. The van der Waals surface area contributed by atoms with Crippen molar-refractivity contribution in [1.29, 1.82) is 0 Å². The minimum absolute atomic E-state index is 0.479. The van der Waals surface area contributed by atoms with Crippen molar-refractivity contribution in [3.63, 3.8) is 0 Å². The molecule has 0 radical (unpaired) electrons. The standard InChI is InChI=1S/C14H16N2O/c1-10-7-12(15)8-11(2)14(10)17-9-13-5-3-4-6-16-13/h3-8H,9,15H2,1-2H3. The number of hydrogen-bond donors (Lipinski definition) is 1. The predicted octanol–water partition coefficient (Wildman–Crippen LogP) is 2.86. The van der Waals surface area contributed by atoms with E-state index in [4.69, 9.17) is 10.5 Å². The lowest BCUT2D eigenvalue weighted by molar-refractivity contribution is 0.297. The van der Waals surface area contributed by atoms with Crippen LogP contribution in [0.1, 0.15) is 16.8 Å². The maximum absolute atomic E-state index is 5.79. The van der Waals surface area contributed by atoms with Crippen LogP contribution in [0.5, 0.6) is 5.75 Å². The van der Waals surface area contributed by atoms with Crippen molar-refractivity contribution in [2.75, 3.05) is 5.73 Å². The molecule has 0 aliphatic rings. The third-order valence-electron chi connectivity index (χ3n) is 2.57. The number of nitrogen functional groups attached to an aromatic ring is 1. The fourth-order valence-corrected chi connectivity index (χ4v) is 1.84. The second kappa shape index (κ2) is 4.87. The van der Waals surface area contributed by atoms with Crippen LogP contribution >= 0.6 is 0 Å². The van der Waals surface area contributed by atoms with Crippen molar-refractivity contribution in [3.05, 3.63) is 53.3 Å². The molecule has 0 fully saturated rings. The van der Waals surface area contributed by atoms with E-state index in [2.05, 4.69) is 4.98 Å². The van der Waals surface area contributed by atoms with E-state index < -0.39 is 0 Å². The molecule has 17 heavy (non-hydrogen) atoms. The molecule has 2 rings (SSSR count). The molecule has 88 valence electrons. The van der Waals surface area contributed by atoms with Gasteiger partial charge in [-0.3, -0.25) is 4.98 Å². The normalized spacial score (nSPS) is 10.2. The molecule has 3 heteroatoms. The van der Waals surface area contributed by atoms with Gasteiger partial charge in [0.25, 0.3) is 0 Å². The van der Waals surface area contributed by atoms with Gasteiger partial charge in [-0.2, -0.15) is 0 Å². The van der Waals surface area contributed by atoms with Gasteiger partial charge in [0.15, 0.2) is 0 Å². The molecule has 0 spiro atoms. The number of hydrogen-bond acceptors (Lipinski definition) is 3. The van der Waals surface area contributed by atoms with Crippen LogP contribution < -0.4 is 10.5 Å². The van der Waals surface area contributed by atoms with Crippen molar-refractivity contribution in [1.82, 2.24) is 4.98 Å². The lowest BCUT2D eigenvalue weighted by atomic mass is 10.1. The zero-order valence-corrected chi connectivity index (χ0v) is 10.1. The zero-order valence-electron chi connectivity index (χ0n) is 10.1. The Kier molecular flexibility index (Phi) is 3.28. The lowest BCUT2D eigenvalue weighted by Gasteiger charge is -2.12. The van der Waals surface area contributed by atoms with Crippen LogP contribution in [0.25, 0.3) is 0 Å². The summed E-state index contributed by atoms with van der Waals surface area (Å²) in [6.07, 6.45) is 1.77. The maximum atomic E-state index is 5.79. The van der Waals surface area contributed by atoms with Crippen molar-refractivity contribution in [2.24, 2.45) is 0 Å². The third kappa shape index (κ3) is 2.75. The molecule has 1 heterocycles. The predicted molar refractivity (Wildman–Crippen MR) is 68.9 cm³/mol. The summed E-state index contributed by atoms with van der Waals surface area (Å²) in [5.74, 6) is 0.893. The number of ether oxygens (including phenoxy) is 1. The van der Waals surface area contributed by atoms with Gasteiger partial charge in [-0.05, 0) is 49.2 Å². The number of nitrogens with two attached hydrogens (primary N) is 1. The number of aryl methyl sites for hydroxylation is 2. The molecule has 0 saturated heterocycles. The van der Waals surface area contributed by atoms with Crippen LogP contribution in [-0.4, -0.2) is 4.98 Å². The first-order chi connectivity index (χ1) is 8.16. The van der Waals surface area contributed by atoms with Crippen molar-refractivity contribution < 1.29 is 4.74 Å². The first-order valence-corrected chi connectivity index (χ1v) is 5.56.